The number of aromatic nitrogens is 5. The van der Waals surface area contributed by atoms with Crippen LogP contribution in [0.2, 0.25) is 0 Å². The molecule has 43 heavy (non-hydrogen) atoms. The first-order valence-corrected chi connectivity index (χ1v) is 15.3. The smallest absolute Gasteiger partial charge is 0.259 e. The summed E-state index contributed by atoms with van der Waals surface area (Å²) >= 11 is 2.73. The number of halogens is 1. The topological polar surface area (TPSA) is 122 Å². The number of likely N-dealkylation sites (tertiary alicyclic amines) is 1. The standard InChI is InChI=1S/C29H29FN8O3S2/c1-17-25-23(8-11-31-28(25)41-35-17)42-21-14-22(40-20-6-4-19(30)5-7-20)27(32-15-21)34-29-33-26(36-43-29)18-9-12-38(13-10-18)24(39)16-37(2)3/h4-8,11,14-15,18H,9-10,12-13,16H2,1-3H3,(H,32,33,34,36). The van der Waals surface area contributed by atoms with Gasteiger partial charge in [-0.1, -0.05) is 16.9 Å². The number of carbonyl (C=O) groups is 1. The summed E-state index contributed by atoms with van der Waals surface area (Å²) in [5.74, 6) is 2.07. The molecule has 4 aromatic heterocycles. The number of nitrogens with one attached hydrogen (secondary N) is 1. The molecule has 11 nitrogen and oxygen atoms in total. The summed E-state index contributed by atoms with van der Waals surface area (Å²) in [4.78, 5) is 31.6. The van der Waals surface area contributed by atoms with Gasteiger partial charge in [-0.3, -0.25) is 4.79 Å². The Morgan fingerprint density at radius 2 is 2.00 bits per heavy atom. The van der Waals surface area contributed by atoms with Crippen molar-refractivity contribution in [2.45, 2.75) is 35.5 Å². The Morgan fingerprint density at radius 3 is 2.77 bits per heavy atom. The van der Waals surface area contributed by atoms with E-state index in [0.717, 1.165) is 39.5 Å². The number of ether oxygens (including phenoxy) is 1. The van der Waals surface area contributed by atoms with E-state index >= 15 is 0 Å². The van der Waals surface area contributed by atoms with Crippen LogP contribution in [0.3, 0.4) is 0 Å². The van der Waals surface area contributed by atoms with Gasteiger partial charge in [-0.2, -0.15) is 4.37 Å². The Kier molecular flexibility index (Phi) is 8.49. The minimum atomic E-state index is -0.354. The van der Waals surface area contributed by atoms with Crippen LogP contribution in [0.4, 0.5) is 15.3 Å². The van der Waals surface area contributed by atoms with Crippen LogP contribution in [0.5, 0.6) is 11.5 Å². The molecule has 1 aromatic carbocycles. The molecule has 0 spiro atoms. The maximum atomic E-state index is 13.6. The molecule has 1 aliphatic heterocycles. The zero-order valence-electron chi connectivity index (χ0n) is 23.8. The molecule has 0 radical (unpaired) electrons. The summed E-state index contributed by atoms with van der Waals surface area (Å²) in [6, 6.07) is 9.56. The van der Waals surface area contributed by atoms with E-state index in [4.69, 9.17) is 14.2 Å². The summed E-state index contributed by atoms with van der Waals surface area (Å²) in [5.41, 5.74) is 1.21. The fourth-order valence-electron chi connectivity index (χ4n) is 4.79. The van der Waals surface area contributed by atoms with Crippen molar-refractivity contribution in [1.82, 2.24) is 34.3 Å². The van der Waals surface area contributed by atoms with Crippen molar-refractivity contribution >= 4 is 51.3 Å². The number of benzene rings is 1. The molecule has 0 saturated carbocycles. The van der Waals surface area contributed by atoms with Gasteiger partial charge < -0.3 is 24.4 Å². The fraction of sp³-hybridized carbons (Fsp3) is 0.310. The van der Waals surface area contributed by atoms with Gasteiger partial charge in [0.15, 0.2) is 11.6 Å². The second-order valence-corrected chi connectivity index (χ2v) is 12.3. The zero-order chi connectivity index (χ0) is 29.9. The highest BCUT2D eigenvalue weighted by atomic mass is 32.2. The molecular formula is C29H29FN8O3S2. The fourth-order valence-corrected chi connectivity index (χ4v) is 6.43. The van der Waals surface area contributed by atoms with Gasteiger partial charge in [0.25, 0.3) is 5.71 Å². The number of aryl methyl sites for hydroxylation is 1. The number of fused-ring (bicyclic) bond motifs is 1. The van der Waals surface area contributed by atoms with Crippen molar-refractivity contribution in [2.75, 3.05) is 39.0 Å². The molecule has 1 N–H and O–H groups in total. The van der Waals surface area contributed by atoms with Gasteiger partial charge >= 0.3 is 0 Å². The Morgan fingerprint density at radius 1 is 1.21 bits per heavy atom. The van der Waals surface area contributed by atoms with Gasteiger partial charge in [-0.25, -0.2) is 19.3 Å². The van der Waals surface area contributed by atoms with E-state index in [-0.39, 0.29) is 17.6 Å². The van der Waals surface area contributed by atoms with E-state index in [0.29, 0.717) is 47.8 Å². The number of pyridine rings is 2. The minimum Gasteiger partial charge on any atom is -0.453 e. The van der Waals surface area contributed by atoms with E-state index in [9.17, 15) is 9.18 Å². The normalized spacial score (nSPS) is 14.0. The molecule has 14 heteroatoms. The van der Waals surface area contributed by atoms with Crippen LogP contribution >= 0.6 is 23.3 Å². The maximum Gasteiger partial charge on any atom is 0.259 e. The Labute approximate surface area is 255 Å². The molecular weight excluding hydrogens is 592 g/mol. The zero-order valence-corrected chi connectivity index (χ0v) is 25.4. The van der Waals surface area contributed by atoms with Crippen molar-refractivity contribution < 1.29 is 18.4 Å². The lowest BCUT2D eigenvalue weighted by Gasteiger charge is -2.31. The predicted octanol–water partition coefficient (Wildman–Crippen LogP) is 5.87. The van der Waals surface area contributed by atoms with Crippen LogP contribution in [0.15, 0.2) is 63.1 Å². The summed E-state index contributed by atoms with van der Waals surface area (Å²) in [5, 5.41) is 8.71. The van der Waals surface area contributed by atoms with Crippen LogP contribution in [0.25, 0.3) is 11.1 Å². The lowest BCUT2D eigenvalue weighted by molar-refractivity contribution is -0.132. The molecule has 1 fully saturated rings. The first-order valence-electron chi connectivity index (χ1n) is 13.7. The molecule has 0 bridgehead atoms. The van der Waals surface area contributed by atoms with E-state index in [1.807, 2.05) is 43.0 Å². The average molecular weight is 621 g/mol. The van der Waals surface area contributed by atoms with E-state index < -0.39 is 0 Å². The largest absolute Gasteiger partial charge is 0.453 e. The van der Waals surface area contributed by atoms with Crippen LogP contribution in [0, 0.1) is 12.7 Å². The van der Waals surface area contributed by atoms with Crippen molar-refractivity contribution in [1.29, 1.82) is 0 Å². The number of hydrogen-bond acceptors (Lipinski definition) is 12. The summed E-state index contributed by atoms with van der Waals surface area (Å²) < 4.78 is 29.6. The lowest BCUT2D eigenvalue weighted by atomic mass is 9.96. The SMILES string of the molecule is Cc1noc2nccc(Sc3cnc(Nc4nc(C5CCN(C(=O)CN(C)C)CC5)ns4)c(Oc4ccc(F)cc4)c3)c12. The quantitative estimate of drug-likeness (QED) is 0.213. The number of amides is 1. The summed E-state index contributed by atoms with van der Waals surface area (Å²) in [6.45, 7) is 3.66. The Hall–Kier alpha value is -4.14. The molecule has 0 atom stereocenters. The van der Waals surface area contributed by atoms with Crippen molar-refractivity contribution in [3.05, 3.63) is 66.1 Å². The van der Waals surface area contributed by atoms with Gasteiger partial charge in [-0.05, 0) is 64.2 Å². The third-order valence-electron chi connectivity index (χ3n) is 6.94. The Balaban J connectivity index is 1.21. The van der Waals surface area contributed by atoms with Crippen molar-refractivity contribution in [2.24, 2.45) is 0 Å². The first kappa shape index (κ1) is 29.0. The molecule has 0 unspecified atom stereocenters. The predicted molar refractivity (Wildman–Crippen MR) is 162 cm³/mol. The first-order chi connectivity index (χ1) is 20.8. The van der Waals surface area contributed by atoms with Gasteiger partial charge in [0, 0.05) is 58.8 Å². The molecule has 1 aliphatic rings. The second kappa shape index (κ2) is 12.6. The van der Waals surface area contributed by atoms with Gasteiger partial charge in [0.2, 0.25) is 11.0 Å². The van der Waals surface area contributed by atoms with E-state index in [2.05, 4.69) is 24.8 Å². The highest BCUT2D eigenvalue weighted by Gasteiger charge is 2.27. The summed E-state index contributed by atoms with van der Waals surface area (Å²) in [7, 11) is 3.79. The molecule has 0 aliphatic carbocycles. The van der Waals surface area contributed by atoms with Gasteiger partial charge in [0.1, 0.15) is 17.4 Å². The lowest BCUT2D eigenvalue weighted by Crippen LogP contribution is -2.42. The van der Waals surface area contributed by atoms with E-state index in [1.54, 1.807) is 24.5 Å². The summed E-state index contributed by atoms with van der Waals surface area (Å²) in [6.07, 6.45) is 5.04. The number of anilines is 2. The number of nitrogens with zero attached hydrogens (tertiary/aromatic N) is 7. The Bertz CT molecular complexity index is 1740. The second-order valence-electron chi connectivity index (χ2n) is 10.4. The molecule has 222 valence electrons. The molecule has 6 rings (SSSR count). The average Bonchev–Trinajstić information content (AvgIpc) is 3.62. The number of piperidine rings is 1. The van der Waals surface area contributed by atoms with Gasteiger partial charge in [-0.15, -0.1) is 0 Å². The monoisotopic (exact) mass is 620 g/mol. The van der Waals surface area contributed by atoms with Crippen LogP contribution < -0.4 is 10.1 Å². The highest BCUT2D eigenvalue weighted by molar-refractivity contribution is 7.99. The number of hydrogen-bond donors (Lipinski definition) is 1. The number of carbonyl (C=O) groups excluding carboxylic acids is 1. The third-order valence-corrected chi connectivity index (χ3v) is 8.60. The van der Waals surface area contributed by atoms with E-state index in [1.165, 1.54) is 35.4 Å². The number of likely N-dealkylation sites (N-methyl/N-ethyl adjacent to an activating group) is 1. The molecule has 5 heterocycles. The van der Waals surface area contributed by atoms with Crippen molar-refractivity contribution in [3.8, 4) is 11.5 Å². The maximum absolute atomic E-state index is 13.6. The minimum absolute atomic E-state index is 0.142. The molecule has 1 amide bonds. The van der Waals surface area contributed by atoms with Crippen molar-refractivity contribution in [3.63, 3.8) is 0 Å². The van der Waals surface area contributed by atoms with Crippen LogP contribution in [-0.4, -0.2) is 73.9 Å². The number of rotatable bonds is 9. The van der Waals surface area contributed by atoms with Crippen LogP contribution in [-0.2, 0) is 4.79 Å². The van der Waals surface area contributed by atoms with Gasteiger partial charge in [0.05, 0.1) is 17.6 Å². The van der Waals surface area contributed by atoms with Crippen LogP contribution in [0.1, 0.15) is 30.3 Å². The molecule has 1 saturated heterocycles. The molecule has 5 aromatic rings. The highest BCUT2D eigenvalue weighted by Crippen LogP contribution is 2.39. The third kappa shape index (κ3) is 6.76.